The SMILES string of the molecule is Cc1cc(C(C)NC(=O)CNC(=O)c2cccc(F)c2)c(C)s1. The second-order valence-electron chi connectivity index (χ2n) is 5.35. The molecule has 4 nitrogen and oxygen atoms in total. The highest BCUT2D eigenvalue weighted by Crippen LogP contribution is 2.25. The predicted octanol–water partition coefficient (Wildman–Crippen LogP) is 3.11. The van der Waals surface area contributed by atoms with Gasteiger partial charge in [-0.3, -0.25) is 9.59 Å². The van der Waals surface area contributed by atoms with Gasteiger partial charge < -0.3 is 10.6 Å². The zero-order valence-corrected chi connectivity index (χ0v) is 14.1. The third kappa shape index (κ3) is 4.63. The first kappa shape index (κ1) is 17.1. The van der Waals surface area contributed by atoms with Crippen molar-refractivity contribution in [3.63, 3.8) is 0 Å². The maximum absolute atomic E-state index is 13.1. The number of hydrogen-bond acceptors (Lipinski definition) is 3. The lowest BCUT2D eigenvalue weighted by molar-refractivity contribution is -0.120. The van der Waals surface area contributed by atoms with Gasteiger partial charge in [0.1, 0.15) is 5.82 Å². The largest absolute Gasteiger partial charge is 0.348 e. The molecule has 2 aromatic rings. The number of hydrogen-bond donors (Lipinski definition) is 2. The van der Waals surface area contributed by atoms with Crippen LogP contribution in [0.1, 0.15) is 38.6 Å². The molecule has 0 aliphatic carbocycles. The number of nitrogens with one attached hydrogen (secondary N) is 2. The fourth-order valence-electron chi connectivity index (χ4n) is 2.34. The molecule has 2 amide bonds. The molecular formula is C17H19FN2O2S. The Bertz CT molecular complexity index is 727. The van der Waals surface area contributed by atoms with E-state index in [1.807, 2.05) is 20.8 Å². The molecule has 0 fully saturated rings. The molecule has 2 N–H and O–H groups in total. The molecule has 2 rings (SSSR count). The Balaban J connectivity index is 1.87. The van der Waals surface area contributed by atoms with Crippen molar-refractivity contribution in [1.29, 1.82) is 0 Å². The minimum Gasteiger partial charge on any atom is -0.348 e. The summed E-state index contributed by atoms with van der Waals surface area (Å²) in [5, 5.41) is 5.34. The number of carbonyl (C=O) groups is 2. The van der Waals surface area contributed by atoms with Gasteiger partial charge in [0.05, 0.1) is 12.6 Å². The number of amides is 2. The van der Waals surface area contributed by atoms with Gasteiger partial charge in [-0.25, -0.2) is 4.39 Å². The predicted molar refractivity (Wildman–Crippen MR) is 89.1 cm³/mol. The van der Waals surface area contributed by atoms with Crippen LogP contribution in [0.4, 0.5) is 4.39 Å². The molecule has 1 heterocycles. The number of benzene rings is 1. The molecule has 0 aliphatic heterocycles. The standard InChI is InChI=1S/C17H19FN2O2S/c1-10-7-15(12(3)23-10)11(2)20-16(21)9-19-17(22)13-5-4-6-14(18)8-13/h4-8,11H,9H2,1-3H3,(H,19,22)(H,20,21). The van der Waals surface area contributed by atoms with Gasteiger partial charge in [0.2, 0.25) is 5.91 Å². The van der Waals surface area contributed by atoms with Crippen molar-refractivity contribution in [3.8, 4) is 0 Å². The van der Waals surface area contributed by atoms with Gasteiger partial charge in [0.25, 0.3) is 5.91 Å². The van der Waals surface area contributed by atoms with E-state index >= 15 is 0 Å². The first-order chi connectivity index (χ1) is 10.9. The van der Waals surface area contributed by atoms with Crippen LogP contribution in [0.2, 0.25) is 0 Å². The fraction of sp³-hybridized carbons (Fsp3) is 0.294. The Labute approximate surface area is 138 Å². The summed E-state index contributed by atoms with van der Waals surface area (Å²) < 4.78 is 13.1. The molecule has 0 bridgehead atoms. The van der Waals surface area contributed by atoms with Crippen LogP contribution in [0.25, 0.3) is 0 Å². The summed E-state index contributed by atoms with van der Waals surface area (Å²) >= 11 is 1.68. The van der Waals surface area contributed by atoms with Gasteiger partial charge >= 0.3 is 0 Å². The molecule has 1 aromatic carbocycles. The van der Waals surface area contributed by atoms with Crippen LogP contribution in [-0.4, -0.2) is 18.4 Å². The van der Waals surface area contributed by atoms with Crippen molar-refractivity contribution in [2.45, 2.75) is 26.8 Å². The molecule has 1 aromatic heterocycles. The molecule has 0 aliphatic rings. The van der Waals surface area contributed by atoms with E-state index in [4.69, 9.17) is 0 Å². The quantitative estimate of drug-likeness (QED) is 0.883. The summed E-state index contributed by atoms with van der Waals surface area (Å²) in [6, 6.07) is 7.27. The molecule has 0 saturated carbocycles. The summed E-state index contributed by atoms with van der Waals surface area (Å²) in [5.74, 6) is -1.25. The zero-order valence-electron chi connectivity index (χ0n) is 13.3. The Kier molecular flexibility index (Phi) is 5.50. The smallest absolute Gasteiger partial charge is 0.251 e. The summed E-state index contributed by atoms with van der Waals surface area (Å²) in [6.45, 7) is 5.79. The van der Waals surface area contributed by atoms with Gasteiger partial charge in [0.15, 0.2) is 0 Å². The lowest BCUT2D eigenvalue weighted by Gasteiger charge is -2.14. The highest BCUT2D eigenvalue weighted by molar-refractivity contribution is 7.12. The van der Waals surface area contributed by atoms with Gasteiger partial charge in [-0.15, -0.1) is 11.3 Å². The van der Waals surface area contributed by atoms with Crippen LogP contribution >= 0.6 is 11.3 Å². The third-order valence-electron chi connectivity index (χ3n) is 3.42. The molecule has 1 unspecified atom stereocenters. The normalized spacial score (nSPS) is 11.8. The monoisotopic (exact) mass is 334 g/mol. The fourth-order valence-corrected chi connectivity index (χ4v) is 3.37. The Morgan fingerprint density at radius 3 is 2.61 bits per heavy atom. The molecule has 23 heavy (non-hydrogen) atoms. The number of aryl methyl sites for hydroxylation is 2. The van der Waals surface area contributed by atoms with E-state index in [9.17, 15) is 14.0 Å². The number of thiophene rings is 1. The minimum atomic E-state index is -0.487. The van der Waals surface area contributed by atoms with Crippen molar-refractivity contribution in [1.82, 2.24) is 10.6 Å². The lowest BCUT2D eigenvalue weighted by Crippen LogP contribution is -2.38. The van der Waals surface area contributed by atoms with E-state index in [0.717, 1.165) is 11.6 Å². The van der Waals surface area contributed by atoms with Crippen LogP contribution in [0.15, 0.2) is 30.3 Å². The molecule has 1 atom stereocenters. The first-order valence-electron chi connectivity index (χ1n) is 7.27. The summed E-state index contributed by atoms with van der Waals surface area (Å²) in [7, 11) is 0. The van der Waals surface area contributed by atoms with E-state index in [1.165, 1.54) is 28.0 Å². The number of carbonyl (C=O) groups excluding carboxylic acids is 2. The minimum absolute atomic E-state index is 0.126. The van der Waals surface area contributed by atoms with E-state index in [2.05, 4.69) is 16.7 Å². The van der Waals surface area contributed by atoms with E-state index in [0.29, 0.717) is 0 Å². The maximum atomic E-state index is 13.1. The summed E-state index contributed by atoms with van der Waals surface area (Å²) in [4.78, 5) is 26.2. The molecule has 0 spiro atoms. The molecule has 6 heteroatoms. The van der Waals surface area contributed by atoms with Crippen molar-refractivity contribution in [2.75, 3.05) is 6.54 Å². The Morgan fingerprint density at radius 1 is 1.26 bits per heavy atom. The van der Waals surface area contributed by atoms with E-state index in [-0.39, 0.29) is 24.1 Å². The maximum Gasteiger partial charge on any atom is 0.251 e. The molecule has 0 radical (unpaired) electrons. The molecular weight excluding hydrogens is 315 g/mol. The average molecular weight is 334 g/mol. The lowest BCUT2D eigenvalue weighted by atomic mass is 10.1. The number of rotatable bonds is 5. The van der Waals surface area contributed by atoms with E-state index in [1.54, 1.807) is 11.3 Å². The average Bonchev–Trinajstić information content (AvgIpc) is 2.83. The van der Waals surface area contributed by atoms with E-state index < -0.39 is 11.7 Å². The third-order valence-corrected chi connectivity index (χ3v) is 4.40. The first-order valence-corrected chi connectivity index (χ1v) is 8.08. The van der Waals surface area contributed by atoms with Gasteiger partial charge in [0, 0.05) is 15.3 Å². The Morgan fingerprint density at radius 2 is 2.00 bits per heavy atom. The Hall–Kier alpha value is -2.21. The zero-order chi connectivity index (χ0) is 17.0. The highest BCUT2D eigenvalue weighted by atomic mass is 32.1. The molecule has 122 valence electrons. The van der Waals surface area contributed by atoms with Crippen LogP contribution in [0, 0.1) is 19.7 Å². The topological polar surface area (TPSA) is 58.2 Å². The van der Waals surface area contributed by atoms with Crippen LogP contribution in [0.5, 0.6) is 0 Å². The second kappa shape index (κ2) is 7.37. The highest BCUT2D eigenvalue weighted by Gasteiger charge is 2.15. The van der Waals surface area contributed by atoms with Crippen molar-refractivity contribution in [3.05, 3.63) is 57.0 Å². The molecule has 0 saturated heterocycles. The van der Waals surface area contributed by atoms with Gasteiger partial charge in [-0.05, 0) is 50.6 Å². The summed E-state index contributed by atoms with van der Waals surface area (Å²) in [5.41, 5.74) is 1.27. The second-order valence-corrected chi connectivity index (χ2v) is 6.81. The van der Waals surface area contributed by atoms with Crippen molar-refractivity contribution in [2.24, 2.45) is 0 Å². The van der Waals surface area contributed by atoms with Crippen LogP contribution in [-0.2, 0) is 4.79 Å². The summed E-state index contributed by atoms with van der Waals surface area (Å²) in [6.07, 6.45) is 0. The van der Waals surface area contributed by atoms with Gasteiger partial charge in [-0.1, -0.05) is 6.07 Å². The van der Waals surface area contributed by atoms with Crippen molar-refractivity contribution < 1.29 is 14.0 Å². The van der Waals surface area contributed by atoms with Gasteiger partial charge in [-0.2, -0.15) is 0 Å². The van der Waals surface area contributed by atoms with Crippen LogP contribution < -0.4 is 10.6 Å². The van der Waals surface area contributed by atoms with Crippen LogP contribution in [0.3, 0.4) is 0 Å². The van der Waals surface area contributed by atoms with Crippen molar-refractivity contribution >= 4 is 23.2 Å². The number of halogens is 1.